The number of rotatable bonds is 7. The van der Waals surface area contributed by atoms with E-state index in [1.165, 1.54) is 12.1 Å². The number of aryl methyl sites for hydroxylation is 1. The molecule has 0 spiro atoms. The molecule has 0 fully saturated rings. The third kappa shape index (κ3) is 5.62. The molecule has 122 valence electrons. The van der Waals surface area contributed by atoms with E-state index in [9.17, 15) is 9.18 Å². The first-order chi connectivity index (χ1) is 11.0. The van der Waals surface area contributed by atoms with E-state index >= 15 is 0 Å². The predicted octanol–water partition coefficient (Wildman–Crippen LogP) is 3.10. The van der Waals surface area contributed by atoms with Crippen molar-refractivity contribution in [2.24, 2.45) is 0 Å². The van der Waals surface area contributed by atoms with Crippen LogP contribution in [-0.4, -0.2) is 25.2 Å². The van der Waals surface area contributed by atoms with Gasteiger partial charge in [0.15, 0.2) is 18.2 Å². The maximum absolute atomic E-state index is 13.4. The van der Waals surface area contributed by atoms with Crippen LogP contribution in [0, 0.1) is 12.7 Å². The van der Waals surface area contributed by atoms with E-state index in [2.05, 4.69) is 5.32 Å². The first kappa shape index (κ1) is 16.8. The van der Waals surface area contributed by atoms with Gasteiger partial charge in [0.05, 0.1) is 6.04 Å². The number of carbonyl (C=O) groups is 1. The molecule has 0 saturated heterocycles. The number of carbonyl (C=O) groups excluding carboxylic acids is 1. The molecule has 0 aromatic heterocycles. The largest absolute Gasteiger partial charge is 0.491 e. The Labute approximate surface area is 135 Å². The monoisotopic (exact) mass is 317 g/mol. The summed E-state index contributed by atoms with van der Waals surface area (Å²) in [7, 11) is 0. The third-order valence-corrected chi connectivity index (χ3v) is 3.12. The van der Waals surface area contributed by atoms with Gasteiger partial charge in [-0.15, -0.1) is 0 Å². The summed E-state index contributed by atoms with van der Waals surface area (Å²) in [5, 5.41) is 2.74. The standard InChI is InChI=1S/C18H20FNO3/c1-13-7-9-15(10-8-13)22-11-14(2)20-18(21)12-23-17-6-4-3-5-16(17)19/h3-10,14H,11-12H2,1-2H3,(H,20,21)/t14-/m0/s1. The van der Waals surface area contributed by atoms with Gasteiger partial charge in [-0.2, -0.15) is 0 Å². The molecule has 1 N–H and O–H groups in total. The van der Waals surface area contributed by atoms with Crippen LogP contribution in [0.4, 0.5) is 4.39 Å². The van der Waals surface area contributed by atoms with Crippen molar-refractivity contribution in [1.82, 2.24) is 5.32 Å². The average Bonchev–Trinajstić information content (AvgIpc) is 2.53. The highest BCUT2D eigenvalue weighted by Gasteiger charge is 2.10. The van der Waals surface area contributed by atoms with Gasteiger partial charge >= 0.3 is 0 Å². The smallest absolute Gasteiger partial charge is 0.258 e. The van der Waals surface area contributed by atoms with Crippen molar-refractivity contribution in [1.29, 1.82) is 0 Å². The zero-order valence-electron chi connectivity index (χ0n) is 13.2. The van der Waals surface area contributed by atoms with E-state index in [4.69, 9.17) is 9.47 Å². The number of benzene rings is 2. The van der Waals surface area contributed by atoms with Crippen LogP contribution in [0.2, 0.25) is 0 Å². The molecule has 1 amide bonds. The average molecular weight is 317 g/mol. The number of halogens is 1. The lowest BCUT2D eigenvalue weighted by Gasteiger charge is -2.15. The van der Waals surface area contributed by atoms with Gasteiger partial charge in [0.1, 0.15) is 12.4 Å². The topological polar surface area (TPSA) is 47.6 Å². The summed E-state index contributed by atoms with van der Waals surface area (Å²) in [6, 6.07) is 13.5. The number of hydrogen-bond acceptors (Lipinski definition) is 3. The Hall–Kier alpha value is -2.56. The first-order valence-electron chi connectivity index (χ1n) is 7.41. The summed E-state index contributed by atoms with van der Waals surface area (Å²) in [5.41, 5.74) is 1.16. The van der Waals surface area contributed by atoms with Crippen molar-refractivity contribution < 1.29 is 18.7 Å². The van der Waals surface area contributed by atoms with Gasteiger partial charge in [0, 0.05) is 0 Å². The molecule has 5 heteroatoms. The molecule has 0 radical (unpaired) electrons. The van der Waals surface area contributed by atoms with Crippen LogP contribution in [0.25, 0.3) is 0 Å². The van der Waals surface area contributed by atoms with Gasteiger partial charge < -0.3 is 14.8 Å². The maximum Gasteiger partial charge on any atom is 0.258 e. The van der Waals surface area contributed by atoms with Crippen molar-refractivity contribution in [3.63, 3.8) is 0 Å². The van der Waals surface area contributed by atoms with Gasteiger partial charge in [-0.25, -0.2) is 4.39 Å². The molecule has 4 nitrogen and oxygen atoms in total. The lowest BCUT2D eigenvalue weighted by molar-refractivity contribution is -0.123. The van der Waals surface area contributed by atoms with E-state index in [-0.39, 0.29) is 24.3 Å². The molecule has 23 heavy (non-hydrogen) atoms. The minimum Gasteiger partial charge on any atom is -0.491 e. The maximum atomic E-state index is 13.4. The van der Waals surface area contributed by atoms with Crippen LogP contribution >= 0.6 is 0 Å². The molecular formula is C18H20FNO3. The summed E-state index contributed by atoms with van der Waals surface area (Å²) < 4.78 is 24.1. The van der Waals surface area contributed by atoms with E-state index < -0.39 is 5.82 Å². The number of ether oxygens (including phenoxy) is 2. The van der Waals surface area contributed by atoms with Crippen molar-refractivity contribution >= 4 is 5.91 Å². The lowest BCUT2D eigenvalue weighted by Crippen LogP contribution is -2.39. The zero-order valence-corrected chi connectivity index (χ0v) is 13.2. The van der Waals surface area contributed by atoms with Gasteiger partial charge in [0.2, 0.25) is 0 Å². The van der Waals surface area contributed by atoms with Crippen LogP contribution in [-0.2, 0) is 4.79 Å². The van der Waals surface area contributed by atoms with E-state index in [0.717, 1.165) is 11.3 Å². The summed E-state index contributed by atoms with van der Waals surface area (Å²) in [6.07, 6.45) is 0. The molecule has 0 heterocycles. The fraction of sp³-hybridized carbons (Fsp3) is 0.278. The van der Waals surface area contributed by atoms with Gasteiger partial charge in [-0.05, 0) is 38.1 Å². The minimum absolute atomic E-state index is 0.0613. The molecule has 2 rings (SSSR count). The van der Waals surface area contributed by atoms with Crippen molar-refractivity contribution in [2.75, 3.05) is 13.2 Å². The Morgan fingerprint density at radius 1 is 1.13 bits per heavy atom. The predicted molar refractivity (Wildman–Crippen MR) is 86.2 cm³/mol. The van der Waals surface area contributed by atoms with Crippen LogP contribution in [0.3, 0.4) is 0 Å². The number of para-hydroxylation sites is 1. The second-order valence-corrected chi connectivity index (χ2v) is 5.31. The fourth-order valence-electron chi connectivity index (χ4n) is 1.92. The van der Waals surface area contributed by atoms with Crippen LogP contribution in [0.5, 0.6) is 11.5 Å². The van der Waals surface area contributed by atoms with Crippen molar-refractivity contribution in [2.45, 2.75) is 19.9 Å². The second-order valence-electron chi connectivity index (χ2n) is 5.31. The molecule has 0 aliphatic carbocycles. The molecule has 0 saturated carbocycles. The molecule has 0 aliphatic rings. The number of amides is 1. The third-order valence-electron chi connectivity index (χ3n) is 3.12. The Balaban J connectivity index is 1.72. The molecule has 2 aromatic rings. The molecule has 2 aromatic carbocycles. The Bertz CT molecular complexity index is 643. The quantitative estimate of drug-likeness (QED) is 0.853. The highest BCUT2D eigenvalue weighted by Crippen LogP contribution is 2.15. The normalized spacial score (nSPS) is 11.6. The fourth-order valence-corrected chi connectivity index (χ4v) is 1.92. The van der Waals surface area contributed by atoms with E-state index in [1.54, 1.807) is 12.1 Å². The van der Waals surface area contributed by atoms with Crippen LogP contribution < -0.4 is 14.8 Å². The van der Waals surface area contributed by atoms with Crippen molar-refractivity contribution in [3.05, 3.63) is 59.9 Å². The molecular weight excluding hydrogens is 297 g/mol. The Morgan fingerprint density at radius 2 is 1.83 bits per heavy atom. The molecule has 0 aliphatic heterocycles. The highest BCUT2D eigenvalue weighted by molar-refractivity contribution is 5.77. The molecule has 0 unspecified atom stereocenters. The zero-order chi connectivity index (χ0) is 16.7. The van der Waals surface area contributed by atoms with Crippen molar-refractivity contribution in [3.8, 4) is 11.5 Å². The first-order valence-corrected chi connectivity index (χ1v) is 7.41. The second kappa shape index (κ2) is 8.17. The summed E-state index contributed by atoms with van der Waals surface area (Å²) in [4.78, 5) is 11.8. The van der Waals surface area contributed by atoms with Crippen LogP contribution in [0.15, 0.2) is 48.5 Å². The van der Waals surface area contributed by atoms with Gasteiger partial charge in [-0.1, -0.05) is 29.8 Å². The van der Waals surface area contributed by atoms with E-state index in [1.807, 2.05) is 38.1 Å². The van der Waals surface area contributed by atoms with Gasteiger partial charge in [0.25, 0.3) is 5.91 Å². The SMILES string of the molecule is Cc1ccc(OC[C@H](C)NC(=O)COc2ccccc2F)cc1. The van der Waals surface area contributed by atoms with Crippen LogP contribution in [0.1, 0.15) is 12.5 Å². The lowest BCUT2D eigenvalue weighted by atomic mass is 10.2. The number of nitrogens with one attached hydrogen (secondary N) is 1. The summed E-state index contributed by atoms with van der Waals surface area (Å²) >= 11 is 0. The summed E-state index contributed by atoms with van der Waals surface area (Å²) in [6.45, 7) is 3.93. The highest BCUT2D eigenvalue weighted by atomic mass is 19.1. The molecule has 1 atom stereocenters. The van der Waals surface area contributed by atoms with E-state index in [0.29, 0.717) is 6.61 Å². The minimum atomic E-state index is -0.490. The Kier molecular flexibility index (Phi) is 5.97. The Morgan fingerprint density at radius 3 is 2.52 bits per heavy atom. The molecule has 0 bridgehead atoms. The van der Waals surface area contributed by atoms with Gasteiger partial charge in [-0.3, -0.25) is 4.79 Å². The summed E-state index contributed by atoms with van der Waals surface area (Å²) in [5.74, 6) is -0.00479. The number of hydrogen-bond donors (Lipinski definition) is 1.